The van der Waals surface area contributed by atoms with Crippen molar-refractivity contribution in [2.45, 2.75) is 64.7 Å². The zero-order valence-corrected chi connectivity index (χ0v) is 15.3. The highest BCUT2D eigenvalue weighted by Gasteiger charge is 2.27. The molecule has 1 aromatic rings. The standard InChI is InChI=1S/C23H30F2/c1-2-3-4-6-17-9-11-18(12-10-17)19-13-15-20(16-14-19)21-7-5-8-22(24)23(21)25/h5,7-8,13,15-19H,2-4,6,9-12,14H2,1H3. The van der Waals surface area contributed by atoms with E-state index in [0.717, 1.165) is 23.8 Å². The number of hydrogen-bond acceptors (Lipinski definition) is 0. The zero-order chi connectivity index (χ0) is 17.6. The average Bonchev–Trinajstić information content (AvgIpc) is 2.65. The molecule has 2 heteroatoms. The molecule has 136 valence electrons. The molecular formula is C23H30F2. The van der Waals surface area contributed by atoms with Gasteiger partial charge in [-0.1, -0.05) is 75.8 Å². The number of unbranched alkanes of at least 4 members (excludes halogenated alkanes) is 2. The molecule has 1 unspecified atom stereocenters. The third-order valence-electron chi connectivity index (χ3n) is 6.11. The van der Waals surface area contributed by atoms with Gasteiger partial charge in [0.15, 0.2) is 11.6 Å². The van der Waals surface area contributed by atoms with E-state index in [9.17, 15) is 8.78 Å². The van der Waals surface area contributed by atoms with Crippen molar-refractivity contribution in [1.82, 2.24) is 0 Å². The lowest BCUT2D eigenvalue weighted by molar-refractivity contribution is 0.219. The van der Waals surface area contributed by atoms with Crippen LogP contribution in [0, 0.1) is 29.4 Å². The average molecular weight is 344 g/mol. The number of hydrogen-bond donors (Lipinski definition) is 0. The second-order valence-corrected chi connectivity index (χ2v) is 7.80. The minimum absolute atomic E-state index is 0.384. The Morgan fingerprint density at radius 3 is 2.52 bits per heavy atom. The van der Waals surface area contributed by atoms with Gasteiger partial charge in [0.1, 0.15) is 0 Å². The van der Waals surface area contributed by atoms with E-state index < -0.39 is 11.6 Å². The Hall–Kier alpha value is -1.44. The first-order chi connectivity index (χ1) is 12.2. The van der Waals surface area contributed by atoms with Crippen LogP contribution in [0.25, 0.3) is 5.57 Å². The molecular weight excluding hydrogens is 314 g/mol. The second kappa shape index (κ2) is 8.78. The summed E-state index contributed by atoms with van der Waals surface area (Å²) >= 11 is 0. The Morgan fingerprint density at radius 1 is 1.04 bits per heavy atom. The van der Waals surface area contributed by atoms with Crippen molar-refractivity contribution >= 4 is 5.57 Å². The summed E-state index contributed by atoms with van der Waals surface area (Å²) in [5.41, 5.74) is 1.20. The van der Waals surface area contributed by atoms with Gasteiger partial charge in [-0.3, -0.25) is 0 Å². The van der Waals surface area contributed by atoms with E-state index in [4.69, 9.17) is 0 Å². The lowest BCUT2D eigenvalue weighted by atomic mass is 9.72. The van der Waals surface area contributed by atoms with E-state index in [1.165, 1.54) is 57.4 Å². The van der Waals surface area contributed by atoms with Crippen molar-refractivity contribution in [2.24, 2.45) is 17.8 Å². The predicted molar refractivity (Wildman–Crippen MR) is 101 cm³/mol. The van der Waals surface area contributed by atoms with Gasteiger partial charge < -0.3 is 0 Å². The summed E-state index contributed by atoms with van der Waals surface area (Å²) in [6, 6.07) is 4.42. The highest BCUT2D eigenvalue weighted by molar-refractivity contribution is 5.75. The van der Waals surface area contributed by atoms with Crippen molar-refractivity contribution < 1.29 is 8.78 Å². The van der Waals surface area contributed by atoms with Crippen LogP contribution in [-0.4, -0.2) is 0 Å². The van der Waals surface area contributed by atoms with Crippen molar-refractivity contribution in [3.05, 3.63) is 53.6 Å². The van der Waals surface area contributed by atoms with Crippen LogP contribution >= 0.6 is 0 Å². The van der Waals surface area contributed by atoms with E-state index in [1.54, 1.807) is 12.1 Å². The largest absolute Gasteiger partial charge is 0.204 e. The molecule has 0 radical (unpaired) electrons. The summed E-state index contributed by atoms with van der Waals surface area (Å²) < 4.78 is 27.4. The van der Waals surface area contributed by atoms with Gasteiger partial charge >= 0.3 is 0 Å². The summed E-state index contributed by atoms with van der Waals surface area (Å²) in [5, 5.41) is 0. The maximum Gasteiger partial charge on any atom is 0.166 e. The summed E-state index contributed by atoms with van der Waals surface area (Å²) in [5.74, 6) is 0.758. The predicted octanol–water partition coefficient (Wildman–Crippen LogP) is 7.31. The first kappa shape index (κ1) is 18.4. The van der Waals surface area contributed by atoms with Gasteiger partial charge in [-0.25, -0.2) is 8.78 Å². The third-order valence-corrected chi connectivity index (χ3v) is 6.11. The van der Waals surface area contributed by atoms with Crippen molar-refractivity contribution in [2.75, 3.05) is 0 Å². The molecule has 0 heterocycles. The molecule has 0 aromatic heterocycles. The maximum atomic E-state index is 14.0. The van der Waals surface area contributed by atoms with Crippen LogP contribution in [0.5, 0.6) is 0 Å². The molecule has 0 nitrogen and oxygen atoms in total. The number of rotatable bonds is 6. The lowest BCUT2D eigenvalue weighted by Crippen LogP contribution is -2.21. The first-order valence-electron chi connectivity index (χ1n) is 10.0. The van der Waals surface area contributed by atoms with Gasteiger partial charge in [0.2, 0.25) is 0 Å². The molecule has 1 atom stereocenters. The zero-order valence-electron chi connectivity index (χ0n) is 15.3. The van der Waals surface area contributed by atoms with Crippen LogP contribution in [0.4, 0.5) is 8.78 Å². The van der Waals surface area contributed by atoms with E-state index in [-0.39, 0.29) is 0 Å². The van der Waals surface area contributed by atoms with Gasteiger partial charge in [-0.2, -0.15) is 0 Å². The van der Waals surface area contributed by atoms with Crippen LogP contribution in [0.15, 0.2) is 36.4 Å². The normalized spacial score (nSPS) is 26.5. The monoisotopic (exact) mass is 344 g/mol. The smallest absolute Gasteiger partial charge is 0.166 e. The Balaban J connectivity index is 1.52. The van der Waals surface area contributed by atoms with E-state index in [2.05, 4.69) is 19.1 Å². The SMILES string of the molecule is CCCCCC1CCC(C2C=CC(c3cccc(F)c3F)=CC2)CC1. The van der Waals surface area contributed by atoms with Crippen LogP contribution < -0.4 is 0 Å². The maximum absolute atomic E-state index is 14.0. The molecule has 1 fully saturated rings. The fourth-order valence-electron chi connectivity index (χ4n) is 4.50. The fraction of sp³-hybridized carbons (Fsp3) is 0.565. The number of allylic oxidation sites excluding steroid dienone is 4. The van der Waals surface area contributed by atoms with Gasteiger partial charge in [-0.15, -0.1) is 0 Å². The lowest BCUT2D eigenvalue weighted by Gasteiger charge is -2.33. The van der Waals surface area contributed by atoms with Crippen LogP contribution in [0.2, 0.25) is 0 Å². The molecule has 2 aliphatic rings. The molecule has 0 saturated heterocycles. The van der Waals surface area contributed by atoms with Gasteiger partial charge in [-0.05, 0) is 48.7 Å². The van der Waals surface area contributed by atoms with E-state index in [1.807, 2.05) is 6.08 Å². The van der Waals surface area contributed by atoms with Crippen LogP contribution in [0.1, 0.15) is 70.3 Å². The molecule has 2 aliphatic carbocycles. The van der Waals surface area contributed by atoms with Gasteiger partial charge in [0.25, 0.3) is 0 Å². The molecule has 25 heavy (non-hydrogen) atoms. The quantitative estimate of drug-likeness (QED) is 0.475. The van der Waals surface area contributed by atoms with Gasteiger partial charge in [0, 0.05) is 5.56 Å². The first-order valence-corrected chi connectivity index (χ1v) is 10.0. The molecule has 0 bridgehead atoms. The Morgan fingerprint density at radius 2 is 1.84 bits per heavy atom. The third kappa shape index (κ3) is 4.59. The van der Waals surface area contributed by atoms with E-state index >= 15 is 0 Å². The molecule has 0 spiro atoms. The number of benzene rings is 1. The van der Waals surface area contributed by atoms with E-state index in [0.29, 0.717) is 11.5 Å². The summed E-state index contributed by atoms with van der Waals surface area (Å²) in [7, 11) is 0. The molecule has 3 rings (SSSR count). The molecule has 1 aromatic carbocycles. The van der Waals surface area contributed by atoms with Crippen molar-refractivity contribution in [3.63, 3.8) is 0 Å². The molecule has 0 N–H and O–H groups in total. The highest BCUT2D eigenvalue weighted by Crippen LogP contribution is 2.39. The Bertz CT molecular complexity index is 621. The molecule has 0 amide bonds. The van der Waals surface area contributed by atoms with Crippen molar-refractivity contribution in [1.29, 1.82) is 0 Å². The van der Waals surface area contributed by atoms with Gasteiger partial charge in [0.05, 0.1) is 0 Å². The molecule has 1 saturated carbocycles. The summed E-state index contributed by atoms with van der Waals surface area (Å²) in [6.07, 6.45) is 18.1. The summed E-state index contributed by atoms with van der Waals surface area (Å²) in [4.78, 5) is 0. The second-order valence-electron chi connectivity index (χ2n) is 7.80. The topological polar surface area (TPSA) is 0 Å². The Kier molecular flexibility index (Phi) is 6.45. The Labute approximate surface area is 151 Å². The number of halogens is 2. The fourth-order valence-corrected chi connectivity index (χ4v) is 4.50. The minimum Gasteiger partial charge on any atom is -0.204 e. The minimum atomic E-state index is -0.768. The summed E-state index contributed by atoms with van der Waals surface area (Å²) in [6.45, 7) is 2.27. The van der Waals surface area contributed by atoms with Crippen molar-refractivity contribution in [3.8, 4) is 0 Å². The van der Waals surface area contributed by atoms with Crippen LogP contribution in [-0.2, 0) is 0 Å². The highest BCUT2D eigenvalue weighted by atomic mass is 19.2. The molecule has 0 aliphatic heterocycles. The van der Waals surface area contributed by atoms with Crippen LogP contribution in [0.3, 0.4) is 0 Å².